The third-order valence-corrected chi connectivity index (χ3v) is 4.99. The molecule has 1 aliphatic heterocycles. The van der Waals surface area contributed by atoms with Crippen molar-refractivity contribution in [3.8, 4) is 0 Å². The Kier molecular flexibility index (Phi) is 4.29. The molecule has 2 unspecified atom stereocenters. The Morgan fingerprint density at radius 1 is 1.29 bits per heavy atom. The van der Waals surface area contributed by atoms with E-state index in [9.17, 15) is 4.79 Å². The fourth-order valence-corrected chi connectivity index (χ4v) is 3.71. The molecule has 116 valence electrons. The summed E-state index contributed by atoms with van der Waals surface area (Å²) in [4.78, 5) is 14.5. The van der Waals surface area contributed by atoms with Crippen LogP contribution in [0.4, 0.5) is 5.82 Å². The van der Waals surface area contributed by atoms with Crippen LogP contribution in [-0.2, 0) is 11.8 Å². The molecule has 2 atom stereocenters. The van der Waals surface area contributed by atoms with Gasteiger partial charge in [-0.1, -0.05) is 12.8 Å². The molecule has 0 radical (unpaired) electrons. The highest BCUT2D eigenvalue weighted by Gasteiger charge is 2.33. The van der Waals surface area contributed by atoms with E-state index in [1.807, 2.05) is 24.2 Å². The van der Waals surface area contributed by atoms with Gasteiger partial charge in [0.15, 0.2) is 5.82 Å². The van der Waals surface area contributed by atoms with Crippen molar-refractivity contribution < 1.29 is 4.79 Å². The Bertz CT molecular complexity index is 492. The van der Waals surface area contributed by atoms with Gasteiger partial charge in [0, 0.05) is 31.9 Å². The molecular weight excluding hydrogens is 264 g/mol. The summed E-state index contributed by atoms with van der Waals surface area (Å²) in [7, 11) is 1.88. The van der Waals surface area contributed by atoms with Crippen molar-refractivity contribution in [1.82, 2.24) is 15.1 Å². The zero-order valence-electron chi connectivity index (χ0n) is 13.1. The molecule has 0 spiro atoms. The van der Waals surface area contributed by atoms with Crippen molar-refractivity contribution in [3.05, 3.63) is 12.3 Å². The molecule has 3 rings (SSSR count). The molecule has 21 heavy (non-hydrogen) atoms. The van der Waals surface area contributed by atoms with Gasteiger partial charge in [0.05, 0.1) is 6.04 Å². The number of amides is 1. The molecule has 1 N–H and O–H groups in total. The highest BCUT2D eigenvalue weighted by Crippen LogP contribution is 2.28. The van der Waals surface area contributed by atoms with Gasteiger partial charge in [0.1, 0.15) is 0 Å². The highest BCUT2D eigenvalue weighted by atomic mass is 16.2. The molecule has 1 saturated heterocycles. The van der Waals surface area contributed by atoms with Crippen molar-refractivity contribution in [2.75, 3.05) is 11.4 Å². The number of rotatable bonds is 4. The van der Waals surface area contributed by atoms with E-state index in [0.29, 0.717) is 6.04 Å². The van der Waals surface area contributed by atoms with Gasteiger partial charge >= 0.3 is 0 Å². The number of aryl methyl sites for hydroxylation is 1. The molecular formula is C16H26N4O. The van der Waals surface area contributed by atoms with Crippen LogP contribution in [0, 0.1) is 5.92 Å². The zero-order valence-corrected chi connectivity index (χ0v) is 13.1. The van der Waals surface area contributed by atoms with Gasteiger partial charge < -0.3 is 5.32 Å². The Morgan fingerprint density at radius 2 is 2.05 bits per heavy atom. The van der Waals surface area contributed by atoms with Crippen LogP contribution in [-0.4, -0.2) is 34.3 Å². The van der Waals surface area contributed by atoms with Crippen LogP contribution < -0.4 is 10.2 Å². The van der Waals surface area contributed by atoms with E-state index in [4.69, 9.17) is 0 Å². The van der Waals surface area contributed by atoms with Crippen LogP contribution in [0.15, 0.2) is 12.3 Å². The summed E-state index contributed by atoms with van der Waals surface area (Å²) < 4.78 is 1.75. The molecule has 5 heteroatoms. The number of anilines is 1. The molecule has 0 bridgehead atoms. The van der Waals surface area contributed by atoms with Crippen LogP contribution >= 0.6 is 0 Å². The second kappa shape index (κ2) is 6.18. The SMILES string of the molecule is CC(NC1CCCN(c2ccn(C)n2)C1=O)C1CCCC1. The first-order chi connectivity index (χ1) is 10.1. The maximum atomic E-state index is 12.7. The normalized spacial score (nSPS) is 25.5. The first kappa shape index (κ1) is 14.6. The van der Waals surface area contributed by atoms with Gasteiger partial charge in [0.25, 0.3) is 0 Å². The van der Waals surface area contributed by atoms with Crippen LogP contribution in [0.5, 0.6) is 0 Å². The summed E-state index contributed by atoms with van der Waals surface area (Å²) in [5.41, 5.74) is 0. The summed E-state index contributed by atoms with van der Waals surface area (Å²) >= 11 is 0. The fraction of sp³-hybridized carbons (Fsp3) is 0.750. The largest absolute Gasteiger partial charge is 0.303 e. The number of hydrogen-bond acceptors (Lipinski definition) is 3. The average Bonchev–Trinajstić information content (AvgIpc) is 3.12. The molecule has 1 aliphatic carbocycles. The molecule has 2 aliphatic rings. The van der Waals surface area contributed by atoms with Gasteiger partial charge in [-0.2, -0.15) is 5.10 Å². The van der Waals surface area contributed by atoms with E-state index < -0.39 is 0 Å². The van der Waals surface area contributed by atoms with Gasteiger partial charge in [-0.25, -0.2) is 0 Å². The Hall–Kier alpha value is -1.36. The Labute approximate surface area is 126 Å². The van der Waals surface area contributed by atoms with E-state index in [-0.39, 0.29) is 11.9 Å². The molecule has 1 aromatic heterocycles. The fourth-order valence-electron chi connectivity index (χ4n) is 3.71. The van der Waals surface area contributed by atoms with Gasteiger partial charge in [0.2, 0.25) is 5.91 Å². The molecule has 1 aromatic rings. The standard InChI is InChI=1S/C16H26N4O/c1-12(13-6-3-4-7-13)17-14-8-5-10-20(16(14)21)15-9-11-19(2)18-15/h9,11-14,17H,3-8,10H2,1-2H3. The van der Waals surface area contributed by atoms with Crippen molar-refractivity contribution >= 4 is 11.7 Å². The number of piperidine rings is 1. The predicted molar refractivity (Wildman–Crippen MR) is 83.1 cm³/mol. The summed E-state index contributed by atoms with van der Waals surface area (Å²) in [5.74, 6) is 1.70. The van der Waals surface area contributed by atoms with Crippen LogP contribution in [0.1, 0.15) is 45.4 Å². The average molecular weight is 290 g/mol. The minimum Gasteiger partial charge on any atom is -0.303 e. The number of nitrogens with one attached hydrogen (secondary N) is 1. The minimum atomic E-state index is -0.0450. The van der Waals surface area contributed by atoms with E-state index in [2.05, 4.69) is 17.3 Å². The van der Waals surface area contributed by atoms with Crippen molar-refractivity contribution in [2.45, 2.75) is 57.5 Å². The highest BCUT2D eigenvalue weighted by molar-refractivity contribution is 5.97. The molecule has 2 fully saturated rings. The lowest BCUT2D eigenvalue weighted by Gasteiger charge is -2.34. The quantitative estimate of drug-likeness (QED) is 0.923. The van der Waals surface area contributed by atoms with E-state index in [0.717, 1.165) is 31.1 Å². The number of aromatic nitrogens is 2. The molecule has 5 nitrogen and oxygen atoms in total. The van der Waals surface area contributed by atoms with Crippen molar-refractivity contribution in [3.63, 3.8) is 0 Å². The number of nitrogens with zero attached hydrogens (tertiary/aromatic N) is 3. The number of carbonyl (C=O) groups is 1. The van der Waals surface area contributed by atoms with E-state index in [1.165, 1.54) is 25.7 Å². The second-order valence-electron chi connectivity index (χ2n) is 6.53. The van der Waals surface area contributed by atoms with Gasteiger partial charge in [-0.3, -0.25) is 14.4 Å². The summed E-state index contributed by atoms with van der Waals surface area (Å²) in [6, 6.07) is 2.31. The summed E-state index contributed by atoms with van der Waals surface area (Å²) in [6.45, 7) is 3.02. The predicted octanol–water partition coefficient (Wildman–Crippen LogP) is 2.08. The van der Waals surface area contributed by atoms with E-state index in [1.54, 1.807) is 4.68 Å². The van der Waals surface area contributed by atoms with Crippen molar-refractivity contribution in [2.24, 2.45) is 13.0 Å². The van der Waals surface area contributed by atoms with Crippen LogP contribution in [0.2, 0.25) is 0 Å². The third kappa shape index (κ3) is 3.12. The van der Waals surface area contributed by atoms with E-state index >= 15 is 0 Å². The minimum absolute atomic E-state index is 0.0450. The van der Waals surface area contributed by atoms with Gasteiger partial charge in [-0.15, -0.1) is 0 Å². The molecule has 0 aromatic carbocycles. The first-order valence-corrected chi connectivity index (χ1v) is 8.22. The monoisotopic (exact) mass is 290 g/mol. The topological polar surface area (TPSA) is 50.2 Å². The van der Waals surface area contributed by atoms with Crippen LogP contribution in [0.25, 0.3) is 0 Å². The zero-order chi connectivity index (χ0) is 14.8. The summed E-state index contributed by atoms with van der Waals surface area (Å²) in [6.07, 6.45) is 9.17. The lowest BCUT2D eigenvalue weighted by atomic mass is 9.96. The maximum Gasteiger partial charge on any atom is 0.245 e. The molecule has 2 heterocycles. The first-order valence-electron chi connectivity index (χ1n) is 8.22. The summed E-state index contributed by atoms with van der Waals surface area (Å²) in [5, 5.41) is 7.96. The van der Waals surface area contributed by atoms with Crippen LogP contribution in [0.3, 0.4) is 0 Å². The Morgan fingerprint density at radius 3 is 2.71 bits per heavy atom. The third-order valence-electron chi connectivity index (χ3n) is 4.99. The molecule has 1 amide bonds. The Balaban J connectivity index is 1.64. The lowest BCUT2D eigenvalue weighted by Crippen LogP contribution is -2.54. The smallest absolute Gasteiger partial charge is 0.245 e. The van der Waals surface area contributed by atoms with Crippen molar-refractivity contribution in [1.29, 1.82) is 0 Å². The number of hydrogen-bond donors (Lipinski definition) is 1. The lowest BCUT2D eigenvalue weighted by molar-refractivity contribution is -0.122. The second-order valence-corrected chi connectivity index (χ2v) is 6.53. The molecule has 1 saturated carbocycles. The number of carbonyl (C=O) groups excluding carboxylic acids is 1. The van der Waals surface area contributed by atoms with Gasteiger partial charge in [-0.05, 0) is 38.5 Å². The maximum absolute atomic E-state index is 12.7.